The van der Waals surface area contributed by atoms with Crippen molar-refractivity contribution < 1.29 is 9.53 Å². The van der Waals surface area contributed by atoms with Gasteiger partial charge in [-0.1, -0.05) is 0 Å². The average molecular weight is 338 g/mol. The fraction of sp³-hybridized carbons (Fsp3) is 0.889. The lowest BCUT2D eigenvalue weighted by molar-refractivity contribution is -0.146. The third-order valence-electron chi connectivity index (χ3n) is 5.37. The highest BCUT2D eigenvalue weighted by Crippen LogP contribution is 2.20. The van der Waals surface area contributed by atoms with Crippen molar-refractivity contribution in [2.75, 3.05) is 46.9 Å². The van der Waals surface area contributed by atoms with Gasteiger partial charge in [-0.15, -0.1) is 0 Å². The predicted molar refractivity (Wildman–Crippen MR) is 97.1 cm³/mol. The Balaban J connectivity index is 1.78. The van der Waals surface area contributed by atoms with Crippen molar-refractivity contribution in [1.82, 2.24) is 15.1 Å². The lowest BCUT2D eigenvalue weighted by Crippen LogP contribution is -2.49. The topological polar surface area (TPSA) is 57.2 Å². The molecule has 2 saturated heterocycles. The zero-order valence-electron chi connectivity index (χ0n) is 15.8. The van der Waals surface area contributed by atoms with Crippen molar-refractivity contribution in [2.45, 2.75) is 45.6 Å². The molecule has 0 aromatic carbocycles. The molecule has 0 aliphatic carbocycles. The van der Waals surface area contributed by atoms with Crippen LogP contribution in [0.2, 0.25) is 0 Å². The molecule has 0 saturated carbocycles. The number of ether oxygens (including phenoxy) is 1. The zero-order valence-corrected chi connectivity index (χ0v) is 15.8. The summed E-state index contributed by atoms with van der Waals surface area (Å²) in [7, 11) is 3.32. The van der Waals surface area contributed by atoms with E-state index in [4.69, 9.17) is 4.74 Å². The van der Waals surface area contributed by atoms with Crippen molar-refractivity contribution in [2.24, 2.45) is 16.8 Å². The van der Waals surface area contributed by atoms with Gasteiger partial charge < -0.3 is 19.9 Å². The van der Waals surface area contributed by atoms with Gasteiger partial charge in [0.15, 0.2) is 5.96 Å². The second-order valence-electron chi connectivity index (χ2n) is 7.31. The van der Waals surface area contributed by atoms with Crippen molar-refractivity contribution in [3.05, 3.63) is 0 Å². The second kappa shape index (κ2) is 9.25. The first-order valence-electron chi connectivity index (χ1n) is 9.32. The van der Waals surface area contributed by atoms with Crippen LogP contribution in [0.15, 0.2) is 4.99 Å². The van der Waals surface area contributed by atoms with E-state index in [0.717, 1.165) is 38.4 Å². The largest absolute Gasteiger partial charge is 0.469 e. The predicted octanol–water partition coefficient (Wildman–Crippen LogP) is 1.57. The Bertz CT molecular complexity index is 431. The maximum atomic E-state index is 11.6. The molecule has 6 heteroatoms. The number of nitrogens with one attached hydrogen (secondary N) is 1. The third-order valence-corrected chi connectivity index (χ3v) is 5.37. The van der Waals surface area contributed by atoms with Crippen LogP contribution in [-0.2, 0) is 9.53 Å². The fourth-order valence-corrected chi connectivity index (χ4v) is 3.79. The first kappa shape index (κ1) is 19.0. The standard InChI is InChI=1S/C18H34N4O2/c1-14(2)22-9-5-6-15(13-22)12-20-18(19-3)21-10-7-16(8-11-21)17(23)24-4/h14-16H,5-13H2,1-4H3,(H,19,20). The van der Waals surface area contributed by atoms with Crippen LogP contribution >= 0.6 is 0 Å². The molecule has 2 heterocycles. The molecule has 1 atom stereocenters. The summed E-state index contributed by atoms with van der Waals surface area (Å²) in [6.07, 6.45) is 4.27. The van der Waals surface area contributed by atoms with Crippen molar-refractivity contribution in [1.29, 1.82) is 0 Å². The molecule has 6 nitrogen and oxygen atoms in total. The third kappa shape index (κ3) is 5.10. The van der Waals surface area contributed by atoms with Gasteiger partial charge in [-0.25, -0.2) is 0 Å². The minimum absolute atomic E-state index is 0.0438. The van der Waals surface area contributed by atoms with Crippen LogP contribution in [0.1, 0.15) is 39.5 Å². The van der Waals surface area contributed by atoms with Crippen LogP contribution in [-0.4, -0.2) is 74.7 Å². The van der Waals surface area contributed by atoms with Gasteiger partial charge in [0.05, 0.1) is 13.0 Å². The maximum absolute atomic E-state index is 11.6. The monoisotopic (exact) mass is 338 g/mol. The molecule has 24 heavy (non-hydrogen) atoms. The molecule has 0 spiro atoms. The molecule has 2 aliphatic rings. The number of esters is 1. The van der Waals surface area contributed by atoms with E-state index < -0.39 is 0 Å². The molecule has 0 aromatic rings. The first-order valence-corrected chi connectivity index (χ1v) is 9.32. The Morgan fingerprint density at radius 2 is 1.96 bits per heavy atom. The molecule has 138 valence electrons. The summed E-state index contributed by atoms with van der Waals surface area (Å²) in [5, 5.41) is 3.56. The molecule has 0 aromatic heterocycles. The Hall–Kier alpha value is -1.30. The number of methoxy groups -OCH3 is 1. The molecule has 1 unspecified atom stereocenters. The zero-order chi connectivity index (χ0) is 17.5. The van der Waals surface area contributed by atoms with E-state index in [0.29, 0.717) is 12.0 Å². The highest BCUT2D eigenvalue weighted by atomic mass is 16.5. The number of carbonyl (C=O) groups is 1. The number of hydrogen-bond donors (Lipinski definition) is 1. The van der Waals surface area contributed by atoms with E-state index in [1.807, 2.05) is 7.05 Å². The van der Waals surface area contributed by atoms with E-state index in [2.05, 4.69) is 34.0 Å². The van der Waals surface area contributed by atoms with E-state index in [1.54, 1.807) is 0 Å². The smallest absolute Gasteiger partial charge is 0.308 e. The quantitative estimate of drug-likeness (QED) is 0.479. The van der Waals surface area contributed by atoms with Crippen LogP contribution in [0.4, 0.5) is 0 Å². The summed E-state index contributed by atoms with van der Waals surface area (Å²) in [6.45, 7) is 9.66. The van der Waals surface area contributed by atoms with Crippen molar-refractivity contribution in [3.63, 3.8) is 0 Å². The summed E-state index contributed by atoms with van der Waals surface area (Å²) in [5.41, 5.74) is 0. The summed E-state index contributed by atoms with van der Waals surface area (Å²) in [5.74, 6) is 1.63. The molecular weight excluding hydrogens is 304 g/mol. The highest BCUT2D eigenvalue weighted by molar-refractivity contribution is 5.80. The van der Waals surface area contributed by atoms with Gasteiger partial charge in [0.2, 0.25) is 0 Å². The number of rotatable bonds is 4. The lowest BCUT2D eigenvalue weighted by Gasteiger charge is -2.37. The van der Waals surface area contributed by atoms with Crippen LogP contribution in [0.5, 0.6) is 0 Å². The van der Waals surface area contributed by atoms with Crippen LogP contribution < -0.4 is 5.32 Å². The number of likely N-dealkylation sites (tertiary alicyclic amines) is 2. The number of nitrogens with zero attached hydrogens (tertiary/aromatic N) is 3. The van der Waals surface area contributed by atoms with Crippen LogP contribution in [0.3, 0.4) is 0 Å². The summed E-state index contributed by atoms with van der Waals surface area (Å²) < 4.78 is 4.86. The van der Waals surface area contributed by atoms with Gasteiger partial charge in [-0.2, -0.15) is 0 Å². The molecule has 2 fully saturated rings. The summed E-state index contributed by atoms with van der Waals surface area (Å²) >= 11 is 0. The number of guanidine groups is 1. The number of hydrogen-bond acceptors (Lipinski definition) is 4. The SMILES string of the molecule is CN=C(NCC1CCCN(C(C)C)C1)N1CCC(C(=O)OC)CC1. The molecule has 0 radical (unpaired) electrons. The molecular formula is C18H34N4O2. The van der Waals surface area contributed by atoms with E-state index in [1.165, 1.54) is 33.0 Å². The normalized spacial score (nSPS) is 24.3. The fourth-order valence-electron chi connectivity index (χ4n) is 3.79. The Labute approximate surface area is 146 Å². The number of piperidine rings is 2. The van der Waals surface area contributed by atoms with Crippen LogP contribution in [0, 0.1) is 11.8 Å². The Morgan fingerprint density at radius 1 is 1.25 bits per heavy atom. The van der Waals surface area contributed by atoms with Gasteiger partial charge in [0, 0.05) is 39.3 Å². The number of aliphatic imine (C=N–C) groups is 1. The second-order valence-corrected chi connectivity index (χ2v) is 7.31. The highest BCUT2D eigenvalue weighted by Gasteiger charge is 2.27. The van der Waals surface area contributed by atoms with Crippen molar-refractivity contribution >= 4 is 11.9 Å². The van der Waals surface area contributed by atoms with Gasteiger partial charge in [0.25, 0.3) is 0 Å². The van der Waals surface area contributed by atoms with Crippen LogP contribution in [0.25, 0.3) is 0 Å². The van der Waals surface area contributed by atoms with E-state index in [9.17, 15) is 4.79 Å². The number of carbonyl (C=O) groups excluding carboxylic acids is 1. The Kier molecular flexibility index (Phi) is 7.34. The van der Waals surface area contributed by atoms with Gasteiger partial charge in [-0.05, 0) is 52.0 Å². The lowest BCUT2D eigenvalue weighted by atomic mass is 9.96. The van der Waals surface area contributed by atoms with Gasteiger partial charge in [-0.3, -0.25) is 9.79 Å². The Morgan fingerprint density at radius 3 is 2.54 bits per heavy atom. The van der Waals surface area contributed by atoms with Gasteiger partial charge >= 0.3 is 5.97 Å². The molecule has 0 amide bonds. The minimum Gasteiger partial charge on any atom is -0.469 e. The van der Waals surface area contributed by atoms with Gasteiger partial charge in [0.1, 0.15) is 0 Å². The molecule has 0 bridgehead atoms. The molecule has 2 rings (SSSR count). The summed E-state index contributed by atoms with van der Waals surface area (Å²) in [6, 6.07) is 0.629. The minimum atomic E-state index is -0.0754. The van der Waals surface area contributed by atoms with E-state index in [-0.39, 0.29) is 11.9 Å². The maximum Gasteiger partial charge on any atom is 0.308 e. The average Bonchev–Trinajstić information content (AvgIpc) is 2.62. The summed E-state index contributed by atoms with van der Waals surface area (Å²) in [4.78, 5) is 20.9. The first-order chi connectivity index (χ1) is 11.5. The molecule has 1 N–H and O–H groups in total. The van der Waals surface area contributed by atoms with Crippen molar-refractivity contribution in [3.8, 4) is 0 Å². The molecule has 2 aliphatic heterocycles. The van der Waals surface area contributed by atoms with E-state index >= 15 is 0 Å².